The Balaban J connectivity index is 0.00000484. The first-order valence-corrected chi connectivity index (χ1v) is 7.75. The molecule has 0 aliphatic heterocycles. The molecule has 2 atom stereocenters. The number of carbonyl (C=O) groups is 2. The number of nitrogens with one attached hydrogen (secondary N) is 2. The van der Waals surface area contributed by atoms with E-state index < -0.39 is 6.04 Å². The van der Waals surface area contributed by atoms with E-state index in [1.165, 1.54) is 0 Å². The van der Waals surface area contributed by atoms with Crippen LogP contribution in [0.15, 0.2) is 18.2 Å². The minimum Gasteiger partial charge on any atom is -0.348 e. The summed E-state index contributed by atoms with van der Waals surface area (Å²) in [7, 11) is 0. The Hall–Kier alpha value is -1.01. The molecule has 8 heteroatoms. The van der Waals surface area contributed by atoms with E-state index in [0.717, 1.165) is 5.56 Å². The molecular formula is C15H22Cl3N3O2. The van der Waals surface area contributed by atoms with Crippen molar-refractivity contribution in [3.05, 3.63) is 33.8 Å². The van der Waals surface area contributed by atoms with Gasteiger partial charge in [0.25, 0.3) is 0 Å². The molecule has 1 aromatic carbocycles. The number of hydrogen-bond donors (Lipinski definition) is 3. The topological polar surface area (TPSA) is 84.2 Å². The number of rotatable bonds is 6. The second kappa shape index (κ2) is 9.98. The Kier molecular flexibility index (Phi) is 9.54. The normalized spacial score (nSPS) is 13.0. The zero-order valence-corrected chi connectivity index (χ0v) is 15.6. The fourth-order valence-electron chi connectivity index (χ4n) is 1.75. The molecule has 2 amide bonds. The van der Waals surface area contributed by atoms with Gasteiger partial charge in [0.05, 0.1) is 28.7 Å². The SMILES string of the molecule is CC(NC(=O)CNC(=O)[C@@H](N)C(C)C)c1ccc(Cl)c(Cl)c1.Cl. The molecule has 23 heavy (non-hydrogen) atoms. The highest BCUT2D eigenvalue weighted by molar-refractivity contribution is 6.42. The van der Waals surface area contributed by atoms with Crippen molar-refractivity contribution in [2.24, 2.45) is 11.7 Å². The first-order chi connectivity index (χ1) is 10.2. The van der Waals surface area contributed by atoms with Crippen LogP contribution in [-0.2, 0) is 9.59 Å². The van der Waals surface area contributed by atoms with Crippen LogP contribution in [0.2, 0.25) is 10.0 Å². The van der Waals surface area contributed by atoms with E-state index in [4.69, 9.17) is 28.9 Å². The van der Waals surface area contributed by atoms with Gasteiger partial charge >= 0.3 is 0 Å². The summed E-state index contributed by atoms with van der Waals surface area (Å²) in [6, 6.07) is 4.28. The number of carbonyl (C=O) groups excluding carboxylic acids is 2. The highest BCUT2D eigenvalue weighted by atomic mass is 35.5. The maximum atomic E-state index is 11.8. The Morgan fingerprint density at radius 1 is 1.17 bits per heavy atom. The molecule has 1 rings (SSSR count). The van der Waals surface area contributed by atoms with Gasteiger partial charge in [-0.3, -0.25) is 9.59 Å². The van der Waals surface area contributed by atoms with Gasteiger partial charge in [0.1, 0.15) is 0 Å². The van der Waals surface area contributed by atoms with Crippen molar-refractivity contribution in [3.63, 3.8) is 0 Å². The summed E-state index contributed by atoms with van der Waals surface area (Å²) in [5.74, 6) is -0.631. The van der Waals surface area contributed by atoms with Crippen LogP contribution >= 0.6 is 35.6 Å². The molecule has 1 aromatic rings. The van der Waals surface area contributed by atoms with Gasteiger partial charge in [-0.1, -0.05) is 43.1 Å². The van der Waals surface area contributed by atoms with Crippen LogP contribution in [0.1, 0.15) is 32.4 Å². The maximum Gasteiger partial charge on any atom is 0.239 e. The lowest BCUT2D eigenvalue weighted by atomic mass is 10.1. The van der Waals surface area contributed by atoms with Gasteiger partial charge in [0.2, 0.25) is 11.8 Å². The van der Waals surface area contributed by atoms with Crippen molar-refractivity contribution in [2.45, 2.75) is 32.9 Å². The lowest BCUT2D eigenvalue weighted by molar-refractivity contribution is -0.127. The monoisotopic (exact) mass is 381 g/mol. The molecule has 0 heterocycles. The Morgan fingerprint density at radius 2 is 1.78 bits per heavy atom. The fraction of sp³-hybridized carbons (Fsp3) is 0.467. The molecule has 0 saturated carbocycles. The van der Waals surface area contributed by atoms with Crippen LogP contribution in [0, 0.1) is 5.92 Å². The highest BCUT2D eigenvalue weighted by Crippen LogP contribution is 2.25. The average Bonchev–Trinajstić information content (AvgIpc) is 2.46. The smallest absolute Gasteiger partial charge is 0.239 e. The molecule has 0 aromatic heterocycles. The van der Waals surface area contributed by atoms with Crippen molar-refractivity contribution < 1.29 is 9.59 Å². The molecule has 0 saturated heterocycles. The Morgan fingerprint density at radius 3 is 2.30 bits per heavy atom. The van der Waals surface area contributed by atoms with E-state index in [1.54, 1.807) is 18.2 Å². The van der Waals surface area contributed by atoms with Crippen molar-refractivity contribution >= 4 is 47.4 Å². The van der Waals surface area contributed by atoms with Crippen LogP contribution in [0.5, 0.6) is 0 Å². The molecule has 5 nitrogen and oxygen atoms in total. The molecule has 0 bridgehead atoms. The van der Waals surface area contributed by atoms with Crippen LogP contribution in [0.4, 0.5) is 0 Å². The van der Waals surface area contributed by atoms with E-state index in [9.17, 15) is 9.59 Å². The van der Waals surface area contributed by atoms with Gasteiger partial charge in [-0.2, -0.15) is 0 Å². The first-order valence-electron chi connectivity index (χ1n) is 7.00. The van der Waals surface area contributed by atoms with Crippen molar-refractivity contribution in [1.29, 1.82) is 0 Å². The van der Waals surface area contributed by atoms with Crippen molar-refractivity contribution in [1.82, 2.24) is 10.6 Å². The maximum absolute atomic E-state index is 11.8. The highest BCUT2D eigenvalue weighted by Gasteiger charge is 2.18. The summed E-state index contributed by atoms with van der Waals surface area (Å²) in [5.41, 5.74) is 6.53. The molecule has 0 aliphatic rings. The molecule has 1 unspecified atom stereocenters. The summed E-state index contributed by atoms with van der Waals surface area (Å²) in [6.07, 6.45) is 0. The number of benzene rings is 1. The summed E-state index contributed by atoms with van der Waals surface area (Å²) in [5, 5.41) is 6.17. The van der Waals surface area contributed by atoms with Gasteiger partial charge in [0.15, 0.2) is 0 Å². The molecule has 0 aliphatic carbocycles. The van der Waals surface area contributed by atoms with Gasteiger partial charge in [-0.15, -0.1) is 12.4 Å². The van der Waals surface area contributed by atoms with Crippen molar-refractivity contribution in [3.8, 4) is 0 Å². The predicted octanol–water partition coefficient (Wildman–Crippen LogP) is 2.69. The molecule has 4 N–H and O–H groups in total. The average molecular weight is 383 g/mol. The van der Waals surface area contributed by atoms with Crippen LogP contribution in [0.25, 0.3) is 0 Å². The first kappa shape index (κ1) is 22.0. The third kappa shape index (κ3) is 6.96. The zero-order valence-electron chi connectivity index (χ0n) is 13.2. The van der Waals surface area contributed by atoms with Crippen LogP contribution < -0.4 is 16.4 Å². The molecular weight excluding hydrogens is 361 g/mol. The number of nitrogens with two attached hydrogens (primary N) is 1. The number of hydrogen-bond acceptors (Lipinski definition) is 3. The summed E-state index contributed by atoms with van der Waals surface area (Å²) < 4.78 is 0. The van der Waals surface area contributed by atoms with Crippen LogP contribution in [-0.4, -0.2) is 24.4 Å². The van der Waals surface area contributed by atoms with E-state index >= 15 is 0 Å². The number of halogens is 3. The minimum absolute atomic E-state index is 0. The standard InChI is InChI=1S/C15H21Cl2N3O2.ClH/c1-8(2)14(18)15(22)19-7-13(21)20-9(3)10-4-5-11(16)12(17)6-10;/h4-6,8-9,14H,7,18H2,1-3H3,(H,19,22)(H,20,21);1H/t9?,14-;/m0./s1. The molecule has 0 spiro atoms. The van der Waals surface area contributed by atoms with E-state index in [1.807, 2.05) is 20.8 Å². The van der Waals surface area contributed by atoms with E-state index in [-0.39, 0.29) is 42.7 Å². The Labute approximate surface area is 152 Å². The Bertz CT molecular complexity index is 553. The van der Waals surface area contributed by atoms with E-state index in [0.29, 0.717) is 10.0 Å². The summed E-state index contributed by atoms with van der Waals surface area (Å²) in [4.78, 5) is 23.5. The summed E-state index contributed by atoms with van der Waals surface area (Å²) >= 11 is 11.8. The zero-order chi connectivity index (χ0) is 16.9. The second-order valence-electron chi connectivity index (χ2n) is 5.45. The third-order valence-electron chi connectivity index (χ3n) is 3.27. The van der Waals surface area contributed by atoms with Crippen molar-refractivity contribution in [2.75, 3.05) is 6.54 Å². The van der Waals surface area contributed by atoms with E-state index in [2.05, 4.69) is 10.6 Å². The van der Waals surface area contributed by atoms with Gasteiger partial charge in [-0.05, 0) is 30.5 Å². The van der Waals surface area contributed by atoms with Crippen LogP contribution in [0.3, 0.4) is 0 Å². The van der Waals surface area contributed by atoms with Gasteiger partial charge < -0.3 is 16.4 Å². The lowest BCUT2D eigenvalue weighted by Crippen LogP contribution is -2.47. The number of amides is 2. The lowest BCUT2D eigenvalue weighted by Gasteiger charge is -2.17. The predicted molar refractivity (Wildman–Crippen MR) is 96.1 cm³/mol. The summed E-state index contributed by atoms with van der Waals surface area (Å²) in [6.45, 7) is 5.39. The molecule has 0 radical (unpaired) electrons. The molecule has 130 valence electrons. The second-order valence-corrected chi connectivity index (χ2v) is 6.26. The quantitative estimate of drug-likeness (QED) is 0.707. The van der Waals surface area contributed by atoms with Gasteiger partial charge in [0, 0.05) is 0 Å². The minimum atomic E-state index is -0.625. The fourth-order valence-corrected chi connectivity index (χ4v) is 2.05. The third-order valence-corrected chi connectivity index (χ3v) is 4.00. The molecule has 0 fully saturated rings. The van der Waals surface area contributed by atoms with Gasteiger partial charge in [-0.25, -0.2) is 0 Å². The largest absolute Gasteiger partial charge is 0.348 e.